The molecular formula is C10H13BrN2O4S. The molecule has 0 unspecified atom stereocenters. The minimum Gasteiger partial charge on any atom is -0.449 e. The van der Waals surface area contributed by atoms with E-state index in [9.17, 15) is 13.2 Å². The van der Waals surface area contributed by atoms with E-state index in [0.29, 0.717) is 0 Å². The highest BCUT2D eigenvalue weighted by atomic mass is 79.9. The molecule has 0 fully saturated rings. The number of halogens is 1. The molecule has 100 valence electrons. The van der Waals surface area contributed by atoms with E-state index >= 15 is 0 Å². The summed E-state index contributed by atoms with van der Waals surface area (Å²) in [5.41, 5.74) is 0.771. The second kappa shape index (κ2) is 6.72. The van der Waals surface area contributed by atoms with Crippen molar-refractivity contribution in [3.05, 3.63) is 34.3 Å². The van der Waals surface area contributed by atoms with Crippen LogP contribution in [-0.4, -0.2) is 21.1 Å². The van der Waals surface area contributed by atoms with Gasteiger partial charge in [-0.1, -0.05) is 28.1 Å². The van der Waals surface area contributed by atoms with E-state index in [1.54, 1.807) is 35.9 Å². The molecule has 1 amide bonds. The van der Waals surface area contributed by atoms with Crippen LogP contribution in [0.2, 0.25) is 0 Å². The Morgan fingerprint density at radius 1 is 1.33 bits per heavy atom. The van der Waals surface area contributed by atoms with Gasteiger partial charge < -0.3 is 4.74 Å². The summed E-state index contributed by atoms with van der Waals surface area (Å²) in [5, 5.41) is 0. The van der Waals surface area contributed by atoms with Crippen LogP contribution in [0.5, 0.6) is 0 Å². The third-order valence-corrected chi connectivity index (χ3v) is 3.36. The topological polar surface area (TPSA) is 84.5 Å². The highest BCUT2D eigenvalue weighted by Crippen LogP contribution is 2.10. The van der Waals surface area contributed by atoms with Crippen LogP contribution in [0.1, 0.15) is 12.5 Å². The average Bonchev–Trinajstić information content (AvgIpc) is 2.28. The summed E-state index contributed by atoms with van der Waals surface area (Å²) in [5.74, 6) is 0. The first-order chi connectivity index (χ1) is 8.43. The Balaban J connectivity index is 2.51. The lowest BCUT2D eigenvalue weighted by Gasteiger charge is -2.08. The van der Waals surface area contributed by atoms with E-state index in [-0.39, 0.29) is 13.2 Å². The van der Waals surface area contributed by atoms with Crippen molar-refractivity contribution >= 4 is 32.2 Å². The lowest BCUT2D eigenvalue weighted by molar-refractivity contribution is 0.158. The molecule has 1 aromatic rings. The quantitative estimate of drug-likeness (QED) is 0.853. The Morgan fingerprint density at radius 2 is 1.94 bits per heavy atom. The smallest absolute Gasteiger partial charge is 0.421 e. The van der Waals surface area contributed by atoms with Crippen molar-refractivity contribution in [3.8, 4) is 0 Å². The van der Waals surface area contributed by atoms with Gasteiger partial charge in [-0.3, -0.25) is 0 Å². The zero-order valence-electron chi connectivity index (χ0n) is 9.64. The molecule has 0 saturated heterocycles. The molecule has 1 rings (SSSR count). The van der Waals surface area contributed by atoms with Crippen LogP contribution in [0.25, 0.3) is 0 Å². The Labute approximate surface area is 114 Å². The molecule has 0 saturated carbocycles. The van der Waals surface area contributed by atoms with Crippen LogP contribution in [0.15, 0.2) is 28.7 Å². The Bertz CT molecular complexity index is 501. The molecule has 8 heteroatoms. The van der Waals surface area contributed by atoms with Crippen molar-refractivity contribution in [3.63, 3.8) is 0 Å². The maximum atomic E-state index is 11.4. The van der Waals surface area contributed by atoms with E-state index < -0.39 is 16.3 Å². The van der Waals surface area contributed by atoms with Gasteiger partial charge in [0.05, 0.1) is 6.61 Å². The Hall–Kier alpha value is -1.12. The first-order valence-corrected chi connectivity index (χ1v) is 7.39. The zero-order chi connectivity index (χ0) is 13.6. The van der Waals surface area contributed by atoms with Gasteiger partial charge in [-0.25, -0.2) is 9.52 Å². The first-order valence-electron chi connectivity index (χ1n) is 5.11. The predicted molar refractivity (Wildman–Crippen MR) is 70.1 cm³/mol. The van der Waals surface area contributed by atoms with Crippen molar-refractivity contribution < 1.29 is 17.9 Å². The molecule has 0 bridgehead atoms. The van der Waals surface area contributed by atoms with Crippen LogP contribution in [0, 0.1) is 0 Å². The van der Waals surface area contributed by atoms with Crippen LogP contribution in [0.3, 0.4) is 0 Å². The largest absolute Gasteiger partial charge is 0.449 e. The molecule has 1 aromatic carbocycles. The van der Waals surface area contributed by atoms with Crippen molar-refractivity contribution in [2.24, 2.45) is 0 Å². The summed E-state index contributed by atoms with van der Waals surface area (Å²) in [7, 11) is -3.90. The summed E-state index contributed by atoms with van der Waals surface area (Å²) >= 11 is 3.27. The summed E-state index contributed by atoms with van der Waals surface area (Å²) in [6, 6.07) is 7.11. The second-order valence-electron chi connectivity index (χ2n) is 3.27. The fourth-order valence-corrected chi connectivity index (χ4v) is 2.06. The molecule has 0 aliphatic heterocycles. The van der Waals surface area contributed by atoms with Crippen LogP contribution < -0.4 is 9.44 Å². The third kappa shape index (κ3) is 5.48. The molecule has 2 N–H and O–H groups in total. The van der Waals surface area contributed by atoms with Crippen LogP contribution >= 0.6 is 15.9 Å². The molecule has 0 aliphatic carbocycles. The van der Waals surface area contributed by atoms with Crippen molar-refractivity contribution in [1.29, 1.82) is 0 Å². The number of carbonyl (C=O) groups excluding carboxylic acids is 1. The second-order valence-corrected chi connectivity index (χ2v) is 5.69. The fraction of sp³-hybridized carbons (Fsp3) is 0.300. The van der Waals surface area contributed by atoms with Gasteiger partial charge in [-0.2, -0.15) is 13.1 Å². The van der Waals surface area contributed by atoms with Gasteiger partial charge in [0.25, 0.3) is 0 Å². The number of hydrogen-bond acceptors (Lipinski definition) is 4. The highest BCUT2D eigenvalue weighted by Gasteiger charge is 2.14. The lowest BCUT2D eigenvalue weighted by Crippen LogP contribution is -2.40. The SMILES string of the molecule is CCOC(=O)NS(=O)(=O)NCc1ccc(Br)cc1. The number of nitrogens with one attached hydrogen (secondary N) is 2. The average molecular weight is 337 g/mol. The zero-order valence-corrected chi connectivity index (χ0v) is 12.0. The van der Waals surface area contributed by atoms with Crippen LogP contribution in [-0.2, 0) is 21.5 Å². The monoisotopic (exact) mass is 336 g/mol. The minimum atomic E-state index is -3.90. The standard InChI is InChI=1S/C10H13BrN2O4S/c1-2-17-10(14)13-18(15,16)12-7-8-3-5-9(11)6-4-8/h3-6,12H,2,7H2,1H3,(H,13,14). The normalized spacial score (nSPS) is 11.0. The molecular weight excluding hydrogens is 324 g/mol. The van der Waals surface area contributed by atoms with Crippen molar-refractivity contribution in [2.45, 2.75) is 13.5 Å². The number of amides is 1. The summed E-state index contributed by atoms with van der Waals surface area (Å²) in [6.45, 7) is 1.78. The highest BCUT2D eigenvalue weighted by molar-refractivity contribution is 9.10. The maximum absolute atomic E-state index is 11.4. The van der Waals surface area contributed by atoms with Gasteiger partial charge in [-0.05, 0) is 24.6 Å². The first kappa shape index (κ1) is 14.9. The minimum absolute atomic E-state index is 0.0853. The van der Waals surface area contributed by atoms with E-state index in [4.69, 9.17) is 0 Å². The molecule has 0 radical (unpaired) electrons. The number of benzene rings is 1. The van der Waals surface area contributed by atoms with E-state index in [2.05, 4.69) is 25.4 Å². The Kier molecular flexibility index (Phi) is 5.57. The number of carbonyl (C=O) groups is 1. The lowest BCUT2D eigenvalue weighted by atomic mass is 10.2. The summed E-state index contributed by atoms with van der Waals surface area (Å²) in [6.07, 6.45) is -0.999. The van der Waals surface area contributed by atoms with E-state index in [1.165, 1.54) is 0 Å². The van der Waals surface area contributed by atoms with Gasteiger partial charge in [0.1, 0.15) is 0 Å². The maximum Gasteiger partial charge on any atom is 0.421 e. The number of rotatable bonds is 5. The Morgan fingerprint density at radius 3 is 2.50 bits per heavy atom. The molecule has 0 aliphatic rings. The third-order valence-electron chi connectivity index (χ3n) is 1.87. The molecule has 0 heterocycles. The van der Waals surface area contributed by atoms with E-state index in [0.717, 1.165) is 10.0 Å². The van der Waals surface area contributed by atoms with Gasteiger partial charge >= 0.3 is 16.3 Å². The van der Waals surface area contributed by atoms with Gasteiger partial charge in [-0.15, -0.1) is 0 Å². The van der Waals surface area contributed by atoms with Gasteiger partial charge in [0.15, 0.2) is 0 Å². The molecule has 0 aromatic heterocycles. The predicted octanol–water partition coefficient (Wildman–Crippen LogP) is 1.53. The number of hydrogen-bond donors (Lipinski definition) is 2. The molecule has 6 nitrogen and oxygen atoms in total. The van der Waals surface area contributed by atoms with Crippen molar-refractivity contribution in [2.75, 3.05) is 6.61 Å². The molecule has 0 spiro atoms. The summed E-state index contributed by atoms with van der Waals surface area (Å²) in [4.78, 5) is 11.0. The molecule has 0 atom stereocenters. The van der Waals surface area contributed by atoms with Crippen LogP contribution in [0.4, 0.5) is 4.79 Å². The summed E-state index contributed by atoms with van der Waals surface area (Å²) < 4.78 is 32.2. The number of ether oxygens (including phenoxy) is 1. The fourth-order valence-electron chi connectivity index (χ4n) is 1.09. The van der Waals surface area contributed by atoms with Gasteiger partial charge in [0, 0.05) is 11.0 Å². The van der Waals surface area contributed by atoms with Gasteiger partial charge in [0.2, 0.25) is 0 Å². The molecule has 18 heavy (non-hydrogen) atoms. The van der Waals surface area contributed by atoms with E-state index in [1.807, 2.05) is 0 Å². The van der Waals surface area contributed by atoms with Crippen molar-refractivity contribution in [1.82, 2.24) is 9.44 Å².